The summed E-state index contributed by atoms with van der Waals surface area (Å²) in [5.74, 6) is 3.24. The van der Waals surface area contributed by atoms with Crippen molar-refractivity contribution in [1.29, 1.82) is 0 Å². The fraction of sp³-hybridized carbons (Fsp3) is 0.300. The number of halogens is 1. The number of pyridine rings is 1. The molecule has 0 bridgehead atoms. The lowest BCUT2D eigenvalue weighted by atomic mass is 9.87. The Labute approximate surface area is 223 Å². The van der Waals surface area contributed by atoms with Crippen LogP contribution in [0.1, 0.15) is 23.1 Å². The van der Waals surface area contributed by atoms with Crippen LogP contribution in [-0.2, 0) is 26.4 Å². The molecule has 7 heteroatoms. The van der Waals surface area contributed by atoms with E-state index in [2.05, 4.69) is 65.5 Å². The van der Waals surface area contributed by atoms with Gasteiger partial charge in [-0.15, -0.1) is 0 Å². The molecule has 3 aromatic carbocycles. The van der Waals surface area contributed by atoms with Gasteiger partial charge in [0.05, 0.1) is 24.7 Å². The lowest BCUT2D eigenvalue weighted by Crippen LogP contribution is -3.00. The molecule has 1 aromatic heterocycles. The fourth-order valence-electron chi connectivity index (χ4n) is 5.31. The highest BCUT2D eigenvalue weighted by Gasteiger charge is 2.30. The highest BCUT2D eigenvalue weighted by atomic mass is 35.5. The second kappa shape index (κ2) is 10.9. The molecule has 0 spiro atoms. The molecule has 0 unspecified atom stereocenters. The normalized spacial score (nSPS) is 13.0. The van der Waals surface area contributed by atoms with E-state index in [1.54, 1.807) is 7.11 Å². The number of fused-ring (bicyclic) bond motifs is 5. The molecule has 1 aliphatic heterocycles. The van der Waals surface area contributed by atoms with Crippen molar-refractivity contribution in [3.05, 3.63) is 77.4 Å². The van der Waals surface area contributed by atoms with E-state index in [-0.39, 0.29) is 19.2 Å². The molecule has 1 aliphatic carbocycles. The number of nitrogens with zero attached hydrogens (tertiary/aromatic N) is 1. The predicted octanol–water partition coefficient (Wildman–Crippen LogP) is 1.73. The van der Waals surface area contributed by atoms with Crippen LogP contribution in [-0.4, -0.2) is 27.1 Å². The first-order valence-electron chi connectivity index (χ1n) is 12.6. The average Bonchev–Trinajstić information content (AvgIpc) is 3.37. The van der Waals surface area contributed by atoms with Gasteiger partial charge in [0.15, 0.2) is 23.0 Å². The molecule has 2 heterocycles. The van der Waals surface area contributed by atoms with Gasteiger partial charge in [-0.3, -0.25) is 0 Å². The van der Waals surface area contributed by atoms with Crippen molar-refractivity contribution in [1.82, 2.24) is 5.32 Å². The molecule has 2 aliphatic rings. The summed E-state index contributed by atoms with van der Waals surface area (Å²) in [6.07, 6.45) is 2.84. The van der Waals surface area contributed by atoms with E-state index in [9.17, 15) is 0 Å². The molecule has 6 rings (SSSR count). The highest BCUT2D eigenvalue weighted by molar-refractivity contribution is 5.88. The van der Waals surface area contributed by atoms with Crippen LogP contribution in [0.15, 0.2) is 60.7 Å². The molecule has 0 amide bonds. The van der Waals surface area contributed by atoms with Crippen LogP contribution in [0.25, 0.3) is 22.2 Å². The molecule has 192 valence electrons. The Balaban J connectivity index is 0.00000280. The van der Waals surface area contributed by atoms with E-state index >= 15 is 0 Å². The van der Waals surface area contributed by atoms with Crippen LogP contribution in [0.4, 0.5) is 0 Å². The number of methoxy groups -OCH3 is 1. The molecule has 6 nitrogen and oxygen atoms in total. The van der Waals surface area contributed by atoms with Crippen molar-refractivity contribution in [2.45, 2.75) is 25.8 Å². The molecule has 37 heavy (non-hydrogen) atoms. The Morgan fingerprint density at radius 2 is 1.73 bits per heavy atom. The summed E-state index contributed by atoms with van der Waals surface area (Å²) in [7, 11) is 3.83. The second-order valence-corrected chi connectivity index (χ2v) is 9.33. The number of benzene rings is 3. The number of aryl methyl sites for hydroxylation is 3. The summed E-state index contributed by atoms with van der Waals surface area (Å²) in [5, 5.41) is 4.58. The van der Waals surface area contributed by atoms with Crippen LogP contribution in [0, 0.1) is 0 Å². The Kier molecular flexibility index (Phi) is 7.40. The number of hydrogen-bond acceptors (Lipinski definition) is 5. The summed E-state index contributed by atoms with van der Waals surface area (Å²) in [4.78, 5) is 0. The van der Waals surface area contributed by atoms with Crippen LogP contribution in [0.5, 0.6) is 23.0 Å². The van der Waals surface area contributed by atoms with Gasteiger partial charge < -0.3 is 36.7 Å². The molecule has 0 saturated heterocycles. The molecule has 0 atom stereocenters. The zero-order chi connectivity index (χ0) is 24.5. The summed E-state index contributed by atoms with van der Waals surface area (Å²) in [6, 6.07) is 21.1. The maximum Gasteiger partial charge on any atom is 0.231 e. The summed E-state index contributed by atoms with van der Waals surface area (Å²) < 4.78 is 25.6. The first-order chi connectivity index (χ1) is 17.7. The molecule has 4 aromatic rings. The third kappa shape index (κ3) is 4.79. The van der Waals surface area contributed by atoms with E-state index in [0.717, 1.165) is 66.3 Å². The van der Waals surface area contributed by atoms with Gasteiger partial charge in [-0.05, 0) is 61.2 Å². The lowest BCUT2D eigenvalue weighted by Gasteiger charge is -2.20. The first-order valence-corrected chi connectivity index (χ1v) is 12.6. The minimum Gasteiger partial charge on any atom is -1.00 e. The quantitative estimate of drug-likeness (QED) is 0.284. The molecule has 0 fully saturated rings. The summed E-state index contributed by atoms with van der Waals surface area (Å²) in [5.41, 5.74) is 7.44. The number of ether oxygens (including phenoxy) is 4. The zero-order valence-corrected chi connectivity index (χ0v) is 21.9. The van der Waals surface area contributed by atoms with Crippen LogP contribution in [0.2, 0.25) is 0 Å². The smallest absolute Gasteiger partial charge is 0.231 e. The predicted molar refractivity (Wildman–Crippen MR) is 139 cm³/mol. The van der Waals surface area contributed by atoms with Gasteiger partial charge >= 0.3 is 0 Å². The van der Waals surface area contributed by atoms with Crippen molar-refractivity contribution >= 4 is 10.9 Å². The van der Waals surface area contributed by atoms with Crippen molar-refractivity contribution in [3.8, 4) is 34.3 Å². The van der Waals surface area contributed by atoms with Crippen molar-refractivity contribution in [2.75, 3.05) is 27.1 Å². The molecule has 1 N–H and O–H groups in total. The number of hydrogen-bond donors (Lipinski definition) is 1. The van der Waals surface area contributed by atoms with Crippen LogP contribution in [0.3, 0.4) is 0 Å². The third-order valence-electron chi connectivity index (χ3n) is 7.11. The Morgan fingerprint density at radius 3 is 2.54 bits per heavy atom. The number of aromatic nitrogens is 1. The second-order valence-electron chi connectivity index (χ2n) is 9.33. The fourth-order valence-corrected chi connectivity index (χ4v) is 5.31. The van der Waals surface area contributed by atoms with Gasteiger partial charge in [-0.25, -0.2) is 0 Å². The average molecular weight is 519 g/mol. The molecule has 0 saturated carbocycles. The van der Waals surface area contributed by atoms with Gasteiger partial charge in [0.2, 0.25) is 18.0 Å². The Hall–Kier alpha value is -3.48. The van der Waals surface area contributed by atoms with Crippen molar-refractivity contribution in [3.63, 3.8) is 0 Å². The van der Waals surface area contributed by atoms with Crippen molar-refractivity contribution in [2.24, 2.45) is 7.05 Å². The topological polar surface area (TPSA) is 52.8 Å². The van der Waals surface area contributed by atoms with E-state index in [0.29, 0.717) is 6.61 Å². The maximum atomic E-state index is 6.35. The number of nitrogens with one attached hydrogen (secondary N) is 1. The van der Waals surface area contributed by atoms with Crippen molar-refractivity contribution < 1.29 is 35.9 Å². The lowest BCUT2D eigenvalue weighted by molar-refractivity contribution is -0.634. The number of rotatable bonds is 8. The minimum atomic E-state index is 0. The van der Waals surface area contributed by atoms with Gasteiger partial charge in [0, 0.05) is 18.2 Å². The van der Waals surface area contributed by atoms with Crippen LogP contribution < -0.4 is 41.2 Å². The van der Waals surface area contributed by atoms with Gasteiger partial charge in [-0.2, -0.15) is 4.57 Å². The highest BCUT2D eigenvalue weighted by Crippen LogP contribution is 2.43. The van der Waals surface area contributed by atoms with Gasteiger partial charge in [0.1, 0.15) is 7.05 Å². The minimum absolute atomic E-state index is 0. The maximum absolute atomic E-state index is 6.35. The van der Waals surface area contributed by atoms with E-state index in [4.69, 9.17) is 18.9 Å². The van der Waals surface area contributed by atoms with Gasteiger partial charge in [0.25, 0.3) is 0 Å². The Morgan fingerprint density at radius 1 is 0.946 bits per heavy atom. The largest absolute Gasteiger partial charge is 1.00 e. The monoisotopic (exact) mass is 518 g/mol. The van der Waals surface area contributed by atoms with E-state index in [1.807, 2.05) is 12.1 Å². The molecular weight excluding hydrogens is 488 g/mol. The standard InChI is InChI=1S/C30H31N2O4.ClH/c1-32-25-11-12-26(33-2)30(34-14-6-13-31-18-20-7-4-3-5-8-20)24(25)15-22-10-9-21-16-27-28(36-19-35-27)17-23(21)29(22)32;/h3-5,7-8,11-12,15-17,31H,6,9-10,13-14,18-19H2,1-2H3;1H/q+1;/p-1. The third-order valence-corrected chi connectivity index (χ3v) is 7.11. The van der Waals surface area contributed by atoms with E-state index < -0.39 is 0 Å². The van der Waals surface area contributed by atoms with Gasteiger partial charge in [-0.1, -0.05) is 30.3 Å². The van der Waals surface area contributed by atoms with Crippen LogP contribution >= 0.6 is 0 Å². The zero-order valence-electron chi connectivity index (χ0n) is 21.2. The molecule has 0 radical (unpaired) electrons. The summed E-state index contributed by atoms with van der Waals surface area (Å²) in [6.45, 7) is 2.65. The first kappa shape index (κ1) is 25.2. The molecular formula is C30H31ClN2O4. The summed E-state index contributed by atoms with van der Waals surface area (Å²) >= 11 is 0. The van der Waals surface area contributed by atoms with E-state index in [1.165, 1.54) is 27.9 Å². The Bertz CT molecular complexity index is 1430. The SMILES string of the molecule is COc1ccc2c(cc3c([n+]2C)-c2cc4c(cc2CC3)OCO4)c1OCCCNCc1ccccc1.[Cl-].